The molecule has 9 nitrogen and oxygen atoms in total. The summed E-state index contributed by atoms with van der Waals surface area (Å²) in [6.07, 6.45) is 67.3. The van der Waals surface area contributed by atoms with Gasteiger partial charge >= 0.3 is 0 Å². The van der Waals surface area contributed by atoms with Crippen molar-refractivity contribution in [2.75, 3.05) is 13.2 Å². The van der Waals surface area contributed by atoms with Gasteiger partial charge in [0.1, 0.15) is 24.4 Å². The van der Waals surface area contributed by atoms with Gasteiger partial charge in [0, 0.05) is 6.42 Å². The number of unbranched alkanes of at least 4 members (excludes halogenated alkanes) is 19. The highest BCUT2D eigenvalue weighted by Gasteiger charge is 2.44. The van der Waals surface area contributed by atoms with Crippen LogP contribution >= 0.6 is 0 Å². The molecular formula is C62H105NO8. The monoisotopic (exact) mass is 992 g/mol. The summed E-state index contributed by atoms with van der Waals surface area (Å²) in [6.45, 7) is 3.66. The van der Waals surface area contributed by atoms with E-state index < -0.39 is 49.5 Å². The largest absolute Gasteiger partial charge is 0.394 e. The van der Waals surface area contributed by atoms with E-state index in [1.165, 1.54) is 96.3 Å². The molecule has 1 aliphatic heterocycles. The van der Waals surface area contributed by atoms with Gasteiger partial charge < -0.3 is 40.3 Å². The van der Waals surface area contributed by atoms with Crippen LogP contribution in [0.3, 0.4) is 0 Å². The van der Waals surface area contributed by atoms with Crippen molar-refractivity contribution in [1.29, 1.82) is 0 Å². The second kappa shape index (κ2) is 50.4. The van der Waals surface area contributed by atoms with E-state index >= 15 is 0 Å². The van der Waals surface area contributed by atoms with Crippen LogP contribution < -0.4 is 5.32 Å². The molecule has 0 spiro atoms. The number of allylic oxidation sites excluding steroid dienone is 18. The molecule has 0 aromatic heterocycles. The van der Waals surface area contributed by atoms with Crippen LogP contribution in [0.5, 0.6) is 0 Å². The van der Waals surface area contributed by atoms with Crippen LogP contribution in [0, 0.1) is 0 Å². The van der Waals surface area contributed by atoms with Crippen molar-refractivity contribution >= 4 is 5.91 Å². The molecule has 7 atom stereocenters. The summed E-state index contributed by atoms with van der Waals surface area (Å²) in [5, 5.41) is 54.2. The molecule has 0 aromatic carbocycles. The van der Waals surface area contributed by atoms with Crippen LogP contribution in [-0.4, -0.2) is 87.5 Å². The van der Waals surface area contributed by atoms with E-state index in [0.29, 0.717) is 12.8 Å². The second-order valence-electron chi connectivity index (χ2n) is 19.4. The molecule has 1 saturated heterocycles. The molecule has 1 aliphatic rings. The van der Waals surface area contributed by atoms with Crippen LogP contribution in [-0.2, 0) is 14.3 Å². The average molecular weight is 993 g/mol. The lowest BCUT2D eigenvalue weighted by Gasteiger charge is -2.40. The van der Waals surface area contributed by atoms with Gasteiger partial charge in [0.2, 0.25) is 5.91 Å². The van der Waals surface area contributed by atoms with Crippen LogP contribution in [0.2, 0.25) is 0 Å². The first-order valence-electron chi connectivity index (χ1n) is 28.6. The van der Waals surface area contributed by atoms with E-state index in [0.717, 1.165) is 96.3 Å². The average Bonchev–Trinajstić information content (AvgIpc) is 3.37. The van der Waals surface area contributed by atoms with Crippen LogP contribution in [0.25, 0.3) is 0 Å². The van der Waals surface area contributed by atoms with Gasteiger partial charge in [0.15, 0.2) is 6.29 Å². The molecule has 71 heavy (non-hydrogen) atoms. The zero-order valence-corrected chi connectivity index (χ0v) is 44.9. The number of nitrogens with one attached hydrogen (secondary N) is 1. The number of carbonyl (C=O) groups is 1. The molecule has 0 aromatic rings. The molecule has 0 bridgehead atoms. The molecule has 1 fully saturated rings. The van der Waals surface area contributed by atoms with Gasteiger partial charge in [0.25, 0.3) is 0 Å². The van der Waals surface area contributed by atoms with Crippen molar-refractivity contribution in [3.63, 3.8) is 0 Å². The topological polar surface area (TPSA) is 149 Å². The Morgan fingerprint density at radius 1 is 0.493 bits per heavy atom. The Morgan fingerprint density at radius 3 is 1.30 bits per heavy atom. The summed E-state index contributed by atoms with van der Waals surface area (Å²) in [4.78, 5) is 13.0. The Bertz CT molecular complexity index is 1480. The molecule has 6 N–H and O–H groups in total. The summed E-state index contributed by atoms with van der Waals surface area (Å²) in [7, 11) is 0. The van der Waals surface area contributed by atoms with Gasteiger partial charge in [0.05, 0.1) is 25.4 Å². The Labute approximate surface area is 434 Å². The van der Waals surface area contributed by atoms with Gasteiger partial charge in [-0.15, -0.1) is 0 Å². The molecule has 1 rings (SSSR count). The van der Waals surface area contributed by atoms with Crippen molar-refractivity contribution in [2.45, 2.75) is 262 Å². The lowest BCUT2D eigenvalue weighted by molar-refractivity contribution is -0.302. The third-order valence-corrected chi connectivity index (χ3v) is 12.9. The Balaban J connectivity index is 2.04. The van der Waals surface area contributed by atoms with E-state index in [4.69, 9.17) is 9.47 Å². The number of amides is 1. The van der Waals surface area contributed by atoms with Crippen molar-refractivity contribution in [1.82, 2.24) is 5.32 Å². The normalized spacial score (nSPS) is 20.1. The smallest absolute Gasteiger partial charge is 0.220 e. The fraction of sp³-hybridized carbons (Fsp3) is 0.694. The number of hydrogen-bond acceptors (Lipinski definition) is 8. The Kier molecular flexibility index (Phi) is 46.7. The van der Waals surface area contributed by atoms with Gasteiger partial charge in [-0.25, -0.2) is 0 Å². The van der Waals surface area contributed by atoms with Crippen molar-refractivity contribution < 1.29 is 39.8 Å². The molecular weight excluding hydrogens is 887 g/mol. The molecule has 0 aliphatic carbocycles. The van der Waals surface area contributed by atoms with E-state index in [1.807, 2.05) is 0 Å². The molecule has 1 amide bonds. The number of rotatable bonds is 47. The maximum atomic E-state index is 13.0. The molecule has 1 heterocycles. The minimum atomic E-state index is -1.56. The predicted octanol–water partition coefficient (Wildman–Crippen LogP) is 14.2. The van der Waals surface area contributed by atoms with E-state index in [-0.39, 0.29) is 12.5 Å². The van der Waals surface area contributed by atoms with Crippen molar-refractivity contribution in [2.24, 2.45) is 0 Å². The number of aliphatic hydroxyl groups excluding tert-OH is 5. The van der Waals surface area contributed by atoms with Gasteiger partial charge in [-0.1, -0.05) is 239 Å². The van der Waals surface area contributed by atoms with Crippen LogP contribution in [0.15, 0.2) is 109 Å². The van der Waals surface area contributed by atoms with Gasteiger partial charge in [-0.3, -0.25) is 4.79 Å². The number of hydrogen-bond donors (Lipinski definition) is 6. The number of ether oxygens (including phenoxy) is 2. The zero-order valence-electron chi connectivity index (χ0n) is 44.9. The van der Waals surface area contributed by atoms with E-state index in [1.54, 1.807) is 0 Å². The van der Waals surface area contributed by atoms with Crippen molar-refractivity contribution in [3.8, 4) is 0 Å². The SMILES string of the molecule is CC/C=C\C/C=C\C/C=C\C/C=C\C/C=C\C/C=C\C/C=C\C/C=C\C/C=C\CCCCCCCCCCCCCCCC(=O)NC(COC1OC(CO)C(O)C(O)C1O)C(O)CCCCCCCCC. The Morgan fingerprint density at radius 2 is 0.873 bits per heavy atom. The van der Waals surface area contributed by atoms with Crippen LogP contribution in [0.1, 0.15) is 219 Å². The fourth-order valence-corrected chi connectivity index (χ4v) is 8.39. The van der Waals surface area contributed by atoms with E-state index in [2.05, 4.69) is 129 Å². The third-order valence-electron chi connectivity index (χ3n) is 12.9. The summed E-state index contributed by atoms with van der Waals surface area (Å²) >= 11 is 0. The Hall–Kier alpha value is -3.15. The lowest BCUT2D eigenvalue weighted by Crippen LogP contribution is -2.60. The second-order valence-corrected chi connectivity index (χ2v) is 19.4. The first kappa shape index (κ1) is 65.9. The maximum Gasteiger partial charge on any atom is 0.220 e. The van der Waals surface area contributed by atoms with Gasteiger partial charge in [-0.2, -0.15) is 0 Å². The first-order valence-corrected chi connectivity index (χ1v) is 28.6. The number of aliphatic hydroxyl groups is 5. The lowest BCUT2D eigenvalue weighted by atomic mass is 9.99. The molecule has 0 saturated carbocycles. The first-order chi connectivity index (χ1) is 34.8. The molecule has 0 radical (unpaired) electrons. The standard InChI is InChI=1S/C62H105NO8/c1-3-5-7-9-11-12-13-14-15-16-17-18-19-20-21-22-23-24-25-26-27-28-29-30-31-32-33-34-35-36-37-38-39-40-41-42-43-44-46-48-50-52-58(66)63-55(56(65)51-49-47-45-10-8-6-4-2)54-70-62-61(69)60(68)59(67)57(53-64)71-62/h5,7,11-12,14-15,17-18,20-21,23-24,26-27,29-30,32-33,55-57,59-62,64-65,67-69H,3-4,6,8-10,13,16,19,22,25,28,31,34-54H2,1-2H3,(H,63,66)/b7-5-,12-11-,15-14-,18-17-,21-20-,24-23-,27-26-,30-29-,33-32-. The quantitative estimate of drug-likeness (QED) is 0.0261. The fourth-order valence-electron chi connectivity index (χ4n) is 8.39. The molecule has 406 valence electrons. The predicted molar refractivity (Wildman–Crippen MR) is 299 cm³/mol. The van der Waals surface area contributed by atoms with Crippen molar-refractivity contribution in [3.05, 3.63) is 109 Å². The summed E-state index contributed by atoms with van der Waals surface area (Å²) in [6, 6.07) is -0.722. The highest BCUT2D eigenvalue weighted by Crippen LogP contribution is 2.23. The highest BCUT2D eigenvalue weighted by molar-refractivity contribution is 5.76. The zero-order chi connectivity index (χ0) is 51.5. The van der Waals surface area contributed by atoms with Gasteiger partial charge in [-0.05, 0) is 83.5 Å². The minimum Gasteiger partial charge on any atom is -0.394 e. The summed E-state index contributed by atoms with van der Waals surface area (Å²) < 4.78 is 11.2. The highest BCUT2D eigenvalue weighted by atomic mass is 16.7. The third kappa shape index (κ3) is 40.0. The summed E-state index contributed by atoms with van der Waals surface area (Å²) in [5.74, 6) is -0.154. The number of carbonyl (C=O) groups excluding carboxylic acids is 1. The minimum absolute atomic E-state index is 0.143. The van der Waals surface area contributed by atoms with E-state index in [9.17, 15) is 30.3 Å². The molecule has 9 heteroatoms. The summed E-state index contributed by atoms with van der Waals surface area (Å²) in [5.41, 5.74) is 0. The molecule has 7 unspecified atom stereocenters. The van der Waals surface area contributed by atoms with Crippen LogP contribution in [0.4, 0.5) is 0 Å². The maximum absolute atomic E-state index is 13.0.